The molecule has 1 rings (SSSR count). The van der Waals surface area contributed by atoms with E-state index in [-0.39, 0.29) is 18.0 Å². The van der Waals surface area contributed by atoms with Gasteiger partial charge in [-0.25, -0.2) is 4.39 Å². The molecule has 1 aromatic carbocycles. The van der Waals surface area contributed by atoms with Crippen molar-refractivity contribution in [2.45, 2.75) is 32.8 Å². The molecule has 1 unspecified atom stereocenters. The number of amides is 1. The van der Waals surface area contributed by atoms with E-state index in [0.717, 1.165) is 12.1 Å². The summed E-state index contributed by atoms with van der Waals surface area (Å²) in [6, 6.07) is 2.81. The Morgan fingerprint density at radius 2 is 2.14 bits per heavy atom. The zero-order valence-electron chi connectivity index (χ0n) is 12.2. The number of nitrogens with one attached hydrogen (secondary N) is 1. The zero-order valence-corrected chi connectivity index (χ0v) is 12.2. The molecule has 0 radical (unpaired) electrons. The van der Waals surface area contributed by atoms with E-state index < -0.39 is 27.9 Å². The molecule has 6 nitrogen and oxygen atoms in total. The first-order valence-electron chi connectivity index (χ1n) is 6.57. The maximum Gasteiger partial charge on any atom is 0.272 e. The summed E-state index contributed by atoms with van der Waals surface area (Å²) in [5.41, 5.74) is -1.81. The van der Waals surface area contributed by atoms with E-state index in [1.54, 1.807) is 6.92 Å². The lowest BCUT2D eigenvalue weighted by atomic mass is 9.94. The van der Waals surface area contributed by atoms with E-state index in [4.69, 9.17) is 0 Å². The van der Waals surface area contributed by atoms with Gasteiger partial charge >= 0.3 is 0 Å². The average Bonchev–Trinajstić information content (AvgIpc) is 2.34. The van der Waals surface area contributed by atoms with Crippen LogP contribution < -0.4 is 5.32 Å². The van der Waals surface area contributed by atoms with Gasteiger partial charge in [-0.05, 0) is 25.3 Å². The second kappa shape index (κ2) is 6.62. The number of halogens is 1. The highest BCUT2D eigenvalue weighted by Gasteiger charge is 2.24. The molecular weight excluding hydrogens is 279 g/mol. The molecule has 2 N–H and O–H groups in total. The highest BCUT2D eigenvalue weighted by atomic mass is 19.1. The van der Waals surface area contributed by atoms with E-state index in [9.17, 15) is 24.4 Å². The van der Waals surface area contributed by atoms with Crippen LogP contribution in [0.2, 0.25) is 0 Å². The van der Waals surface area contributed by atoms with Crippen molar-refractivity contribution in [2.24, 2.45) is 5.92 Å². The van der Waals surface area contributed by atoms with Crippen molar-refractivity contribution < 1.29 is 19.2 Å². The normalized spacial score (nSPS) is 13.8. The maximum atomic E-state index is 13.7. The van der Waals surface area contributed by atoms with Gasteiger partial charge in [0.15, 0.2) is 0 Å². The van der Waals surface area contributed by atoms with Crippen LogP contribution in [0, 0.1) is 21.8 Å². The van der Waals surface area contributed by atoms with Crippen molar-refractivity contribution in [2.75, 3.05) is 6.54 Å². The van der Waals surface area contributed by atoms with Crippen molar-refractivity contribution in [1.82, 2.24) is 5.32 Å². The molecule has 1 atom stereocenters. The largest absolute Gasteiger partial charge is 0.388 e. The third-order valence-electron chi connectivity index (χ3n) is 2.89. The standard InChI is InChI=1S/C14H19FN2O4/c1-9(2)7-14(3,19)8-16-13(18)11-5-4-10(17(20)21)6-12(11)15/h4-6,9,19H,7-8H2,1-3H3,(H,16,18). The van der Waals surface area contributed by atoms with Crippen molar-refractivity contribution in [3.63, 3.8) is 0 Å². The van der Waals surface area contributed by atoms with Gasteiger partial charge in [0, 0.05) is 12.6 Å². The van der Waals surface area contributed by atoms with E-state index in [0.29, 0.717) is 12.5 Å². The number of rotatable bonds is 6. The zero-order chi connectivity index (χ0) is 16.2. The number of hydrogen-bond donors (Lipinski definition) is 2. The van der Waals surface area contributed by atoms with E-state index in [1.807, 2.05) is 13.8 Å². The molecule has 116 valence electrons. The van der Waals surface area contributed by atoms with Gasteiger partial charge in [0.1, 0.15) is 5.82 Å². The number of aliphatic hydroxyl groups is 1. The number of benzene rings is 1. The quantitative estimate of drug-likeness (QED) is 0.622. The first-order valence-corrected chi connectivity index (χ1v) is 6.57. The second-order valence-corrected chi connectivity index (χ2v) is 5.70. The van der Waals surface area contributed by atoms with Gasteiger partial charge in [-0.1, -0.05) is 13.8 Å². The number of nitro benzene ring substituents is 1. The number of carbonyl (C=O) groups is 1. The van der Waals surface area contributed by atoms with Gasteiger partial charge in [-0.2, -0.15) is 0 Å². The number of carbonyl (C=O) groups excluding carboxylic acids is 1. The van der Waals surface area contributed by atoms with Gasteiger partial charge in [0.25, 0.3) is 11.6 Å². The molecule has 1 amide bonds. The van der Waals surface area contributed by atoms with E-state index >= 15 is 0 Å². The molecule has 0 aromatic heterocycles. The van der Waals surface area contributed by atoms with E-state index in [2.05, 4.69) is 5.32 Å². The van der Waals surface area contributed by atoms with Gasteiger partial charge in [-0.15, -0.1) is 0 Å². The Kier molecular flexibility index (Phi) is 5.37. The Hall–Kier alpha value is -2.02. The fraction of sp³-hybridized carbons (Fsp3) is 0.500. The fourth-order valence-corrected chi connectivity index (χ4v) is 2.12. The first-order chi connectivity index (χ1) is 9.62. The Bertz CT molecular complexity index is 544. The molecule has 0 spiro atoms. The summed E-state index contributed by atoms with van der Waals surface area (Å²) in [7, 11) is 0. The minimum absolute atomic E-state index is 0.0273. The summed E-state index contributed by atoms with van der Waals surface area (Å²) in [6.45, 7) is 5.43. The number of hydrogen-bond acceptors (Lipinski definition) is 4. The van der Waals surface area contributed by atoms with Crippen molar-refractivity contribution in [3.05, 3.63) is 39.7 Å². The highest BCUT2D eigenvalue weighted by Crippen LogP contribution is 2.18. The van der Waals surface area contributed by atoms with Crippen LogP contribution >= 0.6 is 0 Å². The topological polar surface area (TPSA) is 92.5 Å². The molecule has 7 heteroatoms. The monoisotopic (exact) mass is 298 g/mol. The lowest BCUT2D eigenvalue weighted by Crippen LogP contribution is -2.41. The molecule has 0 bridgehead atoms. The van der Waals surface area contributed by atoms with Crippen LogP contribution in [0.5, 0.6) is 0 Å². The van der Waals surface area contributed by atoms with Crippen molar-refractivity contribution >= 4 is 11.6 Å². The molecule has 1 aromatic rings. The molecule has 0 aliphatic rings. The summed E-state index contributed by atoms with van der Waals surface area (Å²) in [5, 5.41) is 23.0. The predicted molar refractivity (Wildman–Crippen MR) is 75.5 cm³/mol. The SMILES string of the molecule is CC(C)CC(C)(O)CNC(=O)c1ccc([N+](=O)[O-])cc1F. The molecule has 0 aliphatic heterocycles. The third-order valence-corrected chi connectivity index (χ3v) is 2.89. The highest BCUT2D eigenvalue weighted by molar-refractivity contribution is 5.94. The maximum absolute atomic E-state index is 13.7. The molecule has 0 aliphatic carbocycles. The van der Waals surface area contributed by atoms with Crippen LogP contribution in [0.25, 0.3) is 0 Å². The number of non-ortho nitro benzene ring substituents is 1. The molecule has 0 heterocycles. The van der Waals surface area contributed by atoms with Crippen LogP contribution in [0.4, 0.5) is 10.1 Å². The Morgan fingerprint density at radius 3 is 2.62 bits per heavy atom. The van der Waals surface area contributed by atoms with Gasteiger partial charge in [-0.3, -0.25) is 14.9 Å². The summed E-state index contributed by atoms with van der Waals surface area (Å²) in [4.78, 5) is 21.6. The van der Waals surface area contributed by atoms with Crippen molar-refractivity contribution in [3.8, 4) is 0 Å². The summed E-state index contributed by atoms with van der Waals surface area (Å²) in [5.74, 6) is -1.44. The molecule has 0 saturated heterocycles. The van der Waals surface area contributed by atoms with Crippen LogP contribution in [0.3, 0.4) is 0 Å². The fourth-order valence-electron chi connectivity index (χ4n) is 2.12. The predicted octanol–water partition coefficient (Wildman–Crippen LogP) is 2.26. The molecule has 0 fully saturated rings. The molecule has 21 heavy (non-hydrogen) atoms. The van der Waals surface area contributed by atoms with Gasteiger partial charge in [0.05, 0.1) is 22.2 Å². The van der Waals surface area contributed by atoms with Crippen molar-refractivity contribution in [1.29, 1.82) is 0 Å². The summed E-state index contributed by atoms with van der Waals surface area (Å²) in [6.07, 6.45) is 0.482. The lowest BCUT2D eigenvalue weighted by Gasteiger charge is -2.25. The first kappa shape index (κ1) is 17.0. The lowest BCUT2D eigenvalue weighted by molar-refractivity contribution is -0.385. The third kappa shape index (κ3) is 5.11. The Labute approximate surface area is 122 Å². The number of nitrogens with zero attached hydrogens (tertiary/aromatic N) is 1. The Balaban J connectivity index is 2.74. The van der Waals surface area contributed by atoms with E-state index in [1.165, 1.54) is 0 Å². The molecular formula is C14H19FN2O4. The molecule has 0 saturated carbocycles. The van der Waals surface area contributed by atoms with Crippen LogP contribution in [-0.4, -0.2) is 28.1 Å². The minimum atomic E-state index is -1.10. The van der Waals surface area contributed by atoms with Gasteiger partial charge < -0.3 is 10.4 Å². The Morgan fingerprint density at radius 1 is 1.52 bits per heavy atom. The number of nitro groups is 1. The second-order valence-electron chi connectivity index (χ2n) is 5.70. The summed E-state index contributed by atoms with van der Waals surface area (Å²) < 4.78 is 13.7. The van der Waals surface area contributed by atoms with Crippen LogP contribution in [-0.2, 0) is 0 Å². The smallest absolute Gasteiger partial charge is 0.272 e. The van der Waals surface area contributed by atoms with Crippen LogP contribution in [0.1, 0.15) is 37.6 Å². The average molecular weight is 298 g/mol. The summed E-state index contributed by atoms with van der Waals surface area (Å²) >= 11 is 0. The van der Waals surface area contributed by atoms with Crippen LogP contribution in [0.15, 0.2) is 18.2 Å². The minimum Gasteiger partial charge on any atom is -0.388 e. The van der Waals surface area contributed by atoms with Gasteiger partial charge in [0.2, 0.25) is 0 Å².